The van der Waals surface area contributed by atoms with Gasteiger partial charge in [0.05, 0.1) is 6.61 Å². The predicted molar refractivity (Wildman–Crippen MR) is 140 cm³/mol. The minimum atomic E-state index is -1.42. The topological polar surface area (TPSA) is 85.3 Å². The van der Waals surface area contributed by atoms with Crippen LogP contribution in [0.25, 0.3) is 0 Å². The molecule has 0 bridgehead atoms. The molecule has 0 aliphatic carbocycles. The van der Waals surface area contributed by atoms with Gasteiger partial charge in [-0.05, 0) is 51.8 Å². The summed E-state index contributed by atoms with van der Waals surface area (Å²) in [7, 11) is 1.47. The first-order chi connectivity index (χ1) is 17.0. The second-order valence-corrected chi connectivity index (χ2v) is 10.0. The highest BCUT2D eigenvalue weighted by molar-refractivity contribution is 5.86. The standard InChI is InChI=1S/C29H39NO6/c1-22(2)16-18-29(20-23-12-8-7-9-13-23,30(21-34-6)27(33)36-28(3,4)5)26(32)35-19-17-24-14-10-11-15-25(24)31/h7-16,31H,17-21H2,1-6H3/t29-/m0/s1. The molecular formula is C29H39NO6. The van der Waals surface area contributed by atoms with E-state index in [-0.39, 0.29) is 31.9 Å². The number of ether oxygens (including phenoxy) is 3. The molecule has 0 saturated carbocycles. The van der Waals surface area contributed by atoms with Gasteiger partial charge in [0, 0.05) is 26.4 Å². The second-order valence-electron chi connectivity index (χ2n) is 10.0. The quantitative estimate of drug-likeness (QED) is 0.245. The van der Waals surface area contributed by atoms with Crippen LogP contribution in [0, 0.1) is 0 Å². The summed E-state index contributed by atoms with van der Waals surface area (Å²) in [5.41, 5.74) is 0.338. The average molecular weight is 498 g/mol. The summed E-state index contributed by atoms with van der Waals surface area (Å²) in [6.45, 7) is 9.07. The molecule has 0 saturated heterocycles. The van der Waals surface area contributed by atoms with Gasteiger partial charge in [0.2, 0.25) is 0 Å². The van der Waals surface area contributed by atoms with Crippen LogP contribution < -0.4 is 0 Å². The van der Waals surface area contributed by atoms with Gasteiger partial charge < -0.3 is 19.3 Å². The molecule has 1 amide bonds. The molecule has 7 heteroatoms. The zero-order valence-corrected chi connectivity index (χ0v) is 22.2. The minimum absolute atomic E-state index is 0.0386. The van der Waals surface area contributed by atoms with E-state index in [0.29, 0.717) is 12.0 Å². The van der Waals surface area contributed by atoms with E-state index in [4.69, 9.17) is 14.2 Å². The van der Waals surface area contributed by atoms with E-state index in [1.807, 2.05) is 56.3 Å². The molecular weight excluding hydrogens is 458 g/mol. The summed E-state index contributed by atoms with van der Waals surface area (Å²) in [6.07, 6.45) is 2.00. The fourth-order valence-electron chi connectivity index (χ4n) is 3.76. The van der Waals surface area contributed by atoms with Gasteiger partial charge in [-0.25, -0.2) is 9.59 Å². The molecule has 2 rings (SSSR count). The van der Waals surface area contributed by atoms with Crippen LogP contribution >= 0.6 is 0 Å². The molecule has 0 unspecified atom stereocenters. The molecule has 0 radical (unpaired) electrons. The molecule has 2 aromatic carbocycles. The van der Waals surface area contributed by atoms with Gasteiger partial charge in [0.15, 0.2) is 5.54 Å². The van der Waals surface area contributed by atoms with Crippen molar-refractivity contribution in [3.63, 3.8) is 0 Å². The highest BCUT2D eigenvalue weighted by atomic mass is 16.6. The van der Waals surface area contributed by atoms with E-state index in [1.54, 1.807) is 39.0 Å². The maximum atomic E-state index is 13.9. The highest BCUT2D eigenvalue weighted by Gasteiger charge is 2.49. The smallest absolute Gasteiger partial charge is 0.413 e. The van der Waals surface area contributed by atoms with Crippen molar-refractivity contribution in [1.82, 2.24) is 4.90 Å². The first-order valence-electron chi connectivity index (χ1n) is 12.1. The number of allylic oxidation sites excluding steroid dienone is 1. The molecule has 1 N–H and O–H groups in total. The first kappa shape index (κ1) is 28.9. The lowest BCUT2D eigenvalue weighted by Gasteiger charge is -2.41. The van der Waals surface area contributed by atoms with Gasteiger partial charge in [0.25, 0.3) is 0 Å². The van der Waals surface area contributed by atoms with Crippen LogP contribution in [0.2, 0.25) is 0 Å². The van der Waals surface area contributed by atoms with Crippen molar-refractivity contribution in [2.45, 2.75) is 65.0 Å². The zero-order valence-electron chi connectivity index (χ0n) is 22.2. The predicted octanol–water partition coefficient (Wildman–Crippen LogP) is 5.66. The van der Waals surface area contributed by atoms with Crippen LogP contribution in [-0.4, -0.2) is 53.7 Å². The summed E-state index contributed by atoms with van der Waals surface area (Å²) in [5.74, 6) is -0.425. The zero-order chi connectivity index (χ0) is 26.8. The Hall–Kier alpha value is -3.32. The molecule has 0 fully saturated rings. The summed E-state index contributed by atoms with van der Waals surface area (Å²) in [6, 6.07) is 16.4. The number of para-hydroxylation sites is 1. The molecule has 7 nitrogen and oxygen atoms in total. The summed E-state index contributed by atoms with van der Waals surface area (Å²) < 4.78 is 16.9. The number of methoxy groups -OCH3 is 1. The van der Waals surface area contributed by atoms with Crippen molar-refractivity contribution in [3.8, 4) is 5.75 Å². The minimum Gasteiger partial charge on any atom is -0.508 e. The molecule has 36 heavy (non-hydrogen) atoms. The number of hydrogen-bond donors (Lipinski definition) is 1. The fraction of sp³-hybridized carbons (Fsp3) is 0.448. The van der Waals surface area contributed by atoms with Gasteiger partial charge >= 0.3 is 12.1 Å². The monoisotopic (exact) mass is 497 g/mol. The third kappa shape index (κ3) is 8.41. The average Bonchev–Trinajstić information content (AvgIpc) is 2.81. The Morgan fingerprint density at radius 3 is 2.22 bits per heavy atom. The lowest BCUT2D eigenvalue weighted by atomic mass is 9.85. The number of phenolic OH excluding ortho intramolecular Hbond substituents is 1. The maximum absolute atomic E-state index is 13.9. The maximum Gasteiger partial charge on any atom is 0.413 e. The number of esters is 1. The molecule has 0 spiro atoms. The van der Waals surface area contributed by atoms with Crippen molar-refractivity contribution in [2.24, 2.45) is 0 Å². The third-order valence-electron chi connectivity index (χ3n) is 5.55. The first-order valence-corrected chi connectivity index (χ1v) is 12.1. The van der Waals surface area contributed by atoms with Gasteiger partial charge in [-0.15, -0.1) is 0 Å². The number of nitrogens with zero attached hydrogens (tertiary/aromatic N) is 1. The number of amides is 1. The van der Waals surface area contributed by atoms with E-state index < -0.39 is 23.2 Å². The van der Waals surface area contributed by atoms with E-state index in [9.17, 15) is 14.7 Å². The van der Waals surface area contributed by atoms with Crippen molar-refractivity contribution in [3.05, 3.63) is 77.4 Å². The van der Waals surface area contributed by atoms with Crippen molar-refractivity contribution >= 4 is 12.1 Å². The number of benzene rings is 2. The molecule has 0 aliphatic rings. The van der Waals surface area contributed by atoms with E-state index >= 15 is 0 Å². The number of aromatic hydroxyl groups is 1. The van der Waals surface area contributed by atoms with Gasteiger partial charge in [-0.1, -0.05) is 60.2 Å². The fourth-order valence-corrected chi connectivity index (χ4v) is 3.76. The van der Waals surface area contributed by atoms with Crippen LogP contribution in [0.15, 0.2) is 66.2 Å². The summed E-state index contributed by atoms with van der Waals surface area (Å²) >= 11 is 0. The van der Waals surface area contributed by atoms with E-state index in [0.717, 1.165) is 11.1 Å². The van der Waals surface area contributed by atoms with Gasteiger partial charge in [-0.2, -0.15) is 0 Å². The van der Waals surface area contributed by atoms with Crippen LogP contribution in [0.3, 0.4) is 0 Å². The molecule has 0 heterocycles. The van der Waals surface area contributed by atoms with Crippen LogP contribution in [0.1, 0.15) is 52.2 Å². The number of hydrogen-bond acceptors (Lipinski definition) is 6. The van der Waals surface area contributed by atoms with Gasteiger partial charge in [-0.3, -0.25) is 4.90 Å². The molecule has 196 valence electrons. The lowest BCUT2D eigenvalue weighted by molar-refractivity contribution is -0.161. The lowest BCUT2D eigenvalue weighted by Crippen LogP contribution is -2.60. The van der Waals surface area contributed by atoms with E-state index in [2.05, 4.69) is 0 Å². The van der Waals surface area contributed by atoms with Crippen molar-refractivity contribution in [2.75, 3.05) is 20.4 Å². The Kier molecular flexibility index (Phi) is 10.5. The van der Waals surface area contributed by atoms with Crippen molar-refractivity contribution in [1.29, 1.82) is 0 Å². The van der Waals surface area contributed by atoms with E-state index in [1.165, 1.54) is 12.0 Å². The molecule has 0 aliphatic heterocycles. The van der Waals surface area contributed by atoms with Crippen LogP contribution in [0.4, 0.5) is 4.79 Å². The number of carbonyl (C=O) groups is 2. The summed E-state index contributed by atoms with van der Waals surface area (Å²) in [5, 5.41) is 10.1. The van der Waals surface area contributed by atoms with Gasteiger partial charge in [0.1, 0.15) is 18.1 Å². The SMILES string of the molecule is COCN(C(=O)OC(C)(C)C)[C@@](CC=C(C)C)(Cc1ccccc1)C(=O)OCCc1ccccc1O. The number of rotatable bonds is 11. The Bertz CT molecular complexity index is 1020. The van der Waals surface area contributed by atoms with Crippen molar-refractivity contribution < 1.29 is 28.9 Å². The normalized spacial score (nSPS) is 12.8. The molecule has 1 atom stereocenters. The number of carbonyl (C=O) groups excluding carboxylic acids is 2. The Morgan fingerprint density at radius 2 is 1.64 bits per heavy atom. The summed E-state index contributed by atoms with van der Waals surface area (Å²) in [4.78, 5) is 28.7. The molecule has 2 aromatic rings. The third-order valence-corrected chi connectivity index (χ3v) is 5.55. The largest absolute Gasteiger partial charge is 0.508 e. The Balaban J connectivity index is 2.50. The van der Waals surface area contributed by atoms with Crippen LogP contribution in [0.5, 0.6) is 5.75 Å². The highest BCUT2D eigenvalue weighted by Crippen LogP contribution is 2.31. The molecule has 0 aromatic heterocycles. The number of phenols is 1. The Labute approximate surface area is 214 Å². The Morgan fingerprint density at radius 1 is 1.00 bits per heavy atom. The second kappa shape index (κ2) is 13.1. The van der Waals surface area contributed by atoms with Crippen LogP contribution in [-0.2, 0) is 31.8 Å².